The van der Waals surface area contributed by atoms with E-state index in [0.29, 0.717) is 18.7 Å². The van der Waals surface area contributed by atoms with Gasteiger partial charge in [-0.25, -0.2) is 0 Å². The third kappa shape index (κ3) is 5.50. The van der Waals surface area contributed by atoms with Crippen molar-refractivity contribution in [1.29, 1.82) is 0 Å². The number of rotatable bonds is 6. The van der Waals surface area contributed by atoms with Crippen LogP contribution in [0.25, 0.3) is 0 Å². The topological polar surface area (TPSA) is 96.3 Å². The molecule has 0 bridgehead atoms. The van der Waals surface area contributed by atoms with Crippen LogP contribution in [0.15, 0.2) is 24.3 Å². The molecule has 1 aromatic carbocycles. The molecule has 1 saturated heterocycles. The van der Waals surface area contributed by atoms with Crippen molar-refractivity contribution >= 4 is 29.7 Å². The first-order chi connectivity index (χ1) is 10.2. The molecular weight excluding hydrogens is 308 g/mol. The van der Waals surface area contributed by atoms with Crippen LogP contribution < -0.4 is 16.0 Å². The predicted octanol–water partition coefficient (Wildman–Crippen LogP) is 1.69. The summed E-state index contributed by atoms with van der Waals surface area (Å²) in [6, 6.07) is 6.61. The van der Waals surface area contributed by atoms with Crippen molar-refractivity contribution in [3.05, 3.63) is 34.4 Å². The number of carbonyl (C=O) groups is 1. The lowest BCUT2D eigenvalue weighted by Gasteiger charge is -2.23. The number of para-hydroxylation sites is 2. The highest BCUT2D eigenvalue weighted by atomic mass is 35.5. The molecule has 22 heavy (non-hydrogen) atoms. The van der Waals surface area contributed by atoms with E-state index in [-0.39, 0.29) is 30.0 Å². The summed E-state index contributed by atoms with van der Waals surface area (Å²) >= 11 is 0. The van der Waals surface area contributed by atoms with Crippen LogP contribution in [0.4, 0.5) is 11.4 Å². The molecule has 8 heteroatoms. The van der Waals surface area contributed by atoms with Gasteiger partial charge in [0.1, 0.15) is 5.69 Å². The average Bonchev–Trinajstić information content (AvgIpc) is 2.48. The summed E-state index contributed by atoms with van der Waals surface area (Å²) in [4.78, 5) is 22.2. The Morgan fingerprint density at radius 3 is 2.86 bits per heavy atom. The van der Waals surface area contributed by atoms with E-state index >= 15 is 0 Å². The molecule has 1 heterocycles. The molecule has 1 aromatic rings. The molecule has 0 saturated carbocycles. The normalized spacial score (nSPS) is 17.2. The number of nitro groups is 1. The number of anilines is 1. The van der Waals surface area contributed by atoms with E-state index in [2.05, 4.69) is 16.0 Å². The Labute approximate surface area is 135 Å². The Balaban J connectivity index is 0.00000242. The highest BCUT2D eigenvalue weighted by Gasteiger charge is 2.15. The van der Waals surface area contributed by atoms with E-state index in [0.717, 1.165) is 25.9 Å². The molecule has 7 nitrogen and oxygen atoms in total. The molecule has 0 unspecified atom stereocenters. The number of nitrogens with one attached hydrogen (secondary N) is 3. The maximum absolute atomic E-state index is 11.8. The maximum Gasteiger partial charge on any atom is 0.292 e. The van der Waals surface area contributed by atoms with Crippen LogP contribution in [-0.4, -0.2) is 36.5 Å². The van der Waals surface area contributed by atoms with Crippen LogP contribution in [-0.2, 0) is 4.79 Å². The number of nitro benzene ring substituents is 1. The van der Waals surface area contributed by atoms with Crippen LogP contribution >= 0.6 is 12.4 Å². The first-order valence-corrected chi connectivity index (χ1v) is 7.14. The minimum atomic E-state index is -0.434. The average molecular weight is 329 g/mol. The monoisotopic (exact) mass is 328 g/mol. The molecule has 2 rings (SSSR count). The van der Waals surface area contributed by atoms with Gasteiger partial charge in [0, 0.05) is 31.6 Å². The van der Waals surface area contributed by atoms with Crippen molar-refractivity contribution in [2.45, 2.75) is 25.3 Å². The Bertz CT molecular complexity index is 507. The van der Waals surface area contributed by atoms with Crippen molar-refractivity contribution in [2.24, 2.45) is 0 Å². The van der Waals surface area contributed by atoms with Crippen molar-refractivity contribution < 1.29 is 9.72 Å². The van der Waals surface area contributed by atoms with Crippen molar-refractivity contribution in [3.8, 4) is 0 Å². The Kier molecular flexibility index (Phi) is 7.62. The van der Waals surface area contributed by atoms with E-state index < -0.39 is 4.92 Å². The summed E-state index contributed by atoms with van der Waals surface area (Å²) in [5.41, 5.74) is 0.462. The zero-order chi connectivity index (χ0) is 15.1. The molecule has 3 N–H and O–H groups in total. The smallest absolute Gasteiger partial charge is 0.292 e. The highest BCUT2D eigenvalue weighted by molar-refractivity contribution is 5.85. The molecule has 0 aliphatic carbocycles. The number of hydrogen-bond acceptors (Lipinski definition) is 5. The van der Waals surface area contributed by atoms with Crippen LogP contribution in [0.5, 0.6) is 0 Å². The number of amides is 1. The van der Waals surface area contributed by atoms with Gasteiger partial charge >= 0.3 is 0 Å². The second kappa shape index (κ2) is 9.22. The molecule has 1 aliphatic rings. The van der Waals surface area contributed by atoms with Gasteiger partial charge in [0.15, 0.2) is 0 Å². The van der Waals surface area contributed by atoms with Gasteiger partial charge in [0.05, 0.1) is 4.92 Å². The summed E-state index contributed by atoms with van der Waals surface area (Å²) in [5, 5.41) is 20.0. The van der Waals surface area contributed by atoms with Gasteiger partial charge in [0.25, 0.3) is 5.69 Å². The zero-order valence-electron chi connectivity index (χ0n) is 12.2. The number of halogens is 1. The molecule has 1 aliphatic heterocycles. The Morgan fingerprint density at radius 1 is 1.41 bits per heavy atom. The number of nitrogens with zero attached hydrogens (tertiary/aromatic N) is 1. The first-order valence-electron chi connectivity index (χ1n) is 7.14. The quantitative estimate of drug-likeness (QED) is 0.545. The van der Waals surface area contributed by atoms with E-state index in [4.69, 9.17) is 0 Å². The van der Waals surface area contributed by atoms with E-state index in [1.807, 2.05) is 0 Å². The van der Waals surface area contributed by atoms with Crippen LogP contribution in [0.3, 0.4) is 0 Å². The third-order valence-electron chi connectivity index (χ3n) is 3.43. The summed E-state index contributed by atoms with van der Waals surface area (Å²) in [6.07, 6.45) is 2.36. The standard InChI is InChI=1S/C14H20N4O3.ClH/c19-14(17-11-4-3-8-15-10-11)7-9-16-12-5-1-2-6-13(12)18(20)21;/h1-2,5-6,11,15-16H,3-4,7-10H2,(H,17,19);1H/t11-;/m0./s1. The van der Waals surface area contributed by atoms with E-state index in [9.17, 15) is 14.9 Å². The summed E-state index contributed by atoms with van der Waals surface area (Å²) < 4.78 is 0. The molecule has 1 atom stereocenters. The van der Waals surface area contributed by atoms with Crippen LogP contribution in [0, 0.1) is 10.1 Å². The number of hydrogen-bond donors (Lipinski definition) is 3. The van der Waals surface area contributed by atoms with Gasteiger partial charge < -0.3 is 16.0 Å². The van der Waals surface area contributed by atoms with Gasteiger partial charge in [-0.15, -0.1) is 12.4 Å². The van der Waals surface area contributed by atoms with Crippen molar-refractivity contribution in [3.63, 3.8) is 0 Å². The van der Waals surface area contributed by atoms with Crippen LogP contribution in [0.2, 0.25) is 0 Å². The lowest BCUT2D eigenvalue weighted by atomic mass is 10.1. The highest BCUT2D eigenvalue weighted by Crippen LogP contribution is 2.22. The molecular formula is C14H21ClN4O3. The van der Waals surface area contributed by atoms with Crippen molar-refractivity contribution in [2.75, 3.05) is 25.0 Å². The molecule has 0 aromatic heterocycles. The van der Waals surface area contributed by atoms with Crippen molar-refractivity contribution in [1.82, 2.24) is 10.6 Å². The first kappa shape index (κ1) is 18.2. The van der Waals surface area contributed by atoms with Gasteiger partial charge in [-0.1, -0.05) is 12.1 Å². The largest absolute Gasteiger partial charge is 0.379 e. The summed E-state index contributed by atoms with van der Waals surface area (Å²) in [7, 11) is 0. The van der Waals surface area contributed by atoms with Gasteiger partial charge in [0.2, 0.25) is 5.91 Å². The van der Waals surface area contributed by atoms with Gasteiger partial charge in [-0.3, -0.25) is 14.9 Å². The van der Waals surface area contributed by atoms with E-state index in [1.54, 1.807) is 18.2 Å². The van der Waals surface area contributed by atoms with Gasteiger partial charge in [-0.05, 0) is 25.5 Å². The lowest BCUT2D eigenvalue weighted by molar-refractivity contribution is -0.384. The predicted molar refractivity (Wildman–Crippen MR) is 87.5 cm³/mol. The lowest BCUT2D eigenvalue weighted by Crippen LogP contribution is -2.45. The molecule has 122 valence electrons. The molecule has 1 fully saturated rings. The fourth-order valence-corrected chi connectivity index (χ4v) is 2.37. The zero-order valence-corrected chi connectivity index (χ0v) is 13.0. The van der Waals surface area contributed by atoms with Crippen LogP contribution in [0.1, 0.15) is 19.3 Å². The number of piperidine rings is 1. The molecule has 0 radical (unpaired) electrons. The second-order valence-electron chi connectivity index (χ2n) is 5.06. The fraction of sp³-hybridized carbons (Fsp3) is 0.500. The maximum atomic E-state index is 11.8. The number of benzene rings is 1. The number of carbonyl (C=O) groups excluding carboxylic acids is 1. The SMILES string of the molecule is Cl.O=C(CCNc1ccccc1[N+](=O)[O-])N[C@H]1CCCNC1. The summed E-state index contributed by atoms with van der Waals surface area (Å²) in [5.74, 6) is -0.0326. The summed E-state index contributed by atoms with van der Waals surface area (Å²) in [6.45, 7) is 2.19. The molecule has 1 amide bonds. The minimum absolute atomic E-state index is 0. The third-order valence-corrected chi connectivity index (χ3v) is 3.43. The Morgan fingerprint density at radius 2 is 2.18 bits per heavy atom. The molecule has 0 spiro atoms. The second-order valence-corrected chi connectivity index (χ2v) is 5.06. The van der Waals surface area contributed by atoms with Gasteiger partial charge in [-0.2, -0.15) is 0 Å². The fourth-order valence-electron chi connectivity index (χ4n) is 2.37. The Hall–Kier alpha value is -1.86. The van der Waals surface area contributed by atoms with E-state index in [1.165, 1.54) is 6.07 Å². The minimum Gasteiger partial charge on any atom is -0.379 e.